The molecule has 0 bridgehead atoms. The molecule has 2 N–H and O–H groups in total. The van der Waals surface area contributed by atoms with Crippen molar-refractivity contribution in [1.82, 2.24) is 5.32 Å². The fourth-order valence-corrected chi connectivity index (χ4v) is 2.21. The van der Waals surface area contributed by atoms with Gasteiger partial charge in [0.05, 0.1) is 12.1 Å². The van der Waals surface area contributed by atoms with E-state index in [4.69, 9.17) is 16.3 Å². The summed E-state index contributed by atoms with van der Waals surface area (Å²) in [5.41, 5.74) is 0.527. The lowest BCUT2D eigenvalue weighted by molar-refractivity contribution is -0.137. The lowest BCUT2D eigenvalue weighted by Crippen LogP contribution is -2.45. The molecule has 20 heavy (non-hydrogen) atoms. The first-order chi connectivity index (χ1) is 9.56. The number of ether oxygens (including phenoxy) is 1. The molecule has 2 rings (SSSR count). The van der Waals surface area contributed by atoms with Crippen molar-refractivity contribution in [3.05, 3.63) is 29.3 Å². The summed E-state index contributed by atoms with van der Waals surface area (Å²) in [6.45, 7) is 2.55. The van der Waals surface area contributed by atoms with Crippen LogP contribution >= 0.6 is 11.6 Å². The van der Waals surface area contributed by atoms with Crippen LogP contribution in [0.15, 0.2) is 24.3 Å². The largest absolute Gasteiger partial charge is 0.376 e. The second kappa shape index (κ2) is 6.72. The van der Waals surface area contributed by atoms with Crippen LogP contribution in [-0.4, -0.2) is 30.6 Å². The number of halogens is 1. The molecule has 0 saturated carbocycles. The highest BCUT2D eigenvalue weighted by atomic mass is 35.5. The smallest absolute Gasteiger partial charge is 0.313 e. The third-order valence-corrected chi connectivity index (χ3v) is 3.44. The van der Waals surface area contributed by atoms with Crippen molar-refractivity contribution in [3.8, 4) is 0 Å². The van der Waals surface area contributed by atoms with E-state index in [1.165, 1.54) is 0 Å². The van der Waals surface area contributed by atoms with Crippen molar-refractivity contribution in [3.63, 3.8) is 0 Å². The van der Waals surface area contributed by atoms with Gasteiger partial charge in [0, 0.05) is 17.3 Å². The molecule has 0 aromatic heterocycles. The molecule has 1 saturated heterocycles. The Morgan fingerprint density at radius 1 is 1.30 bits per heavy atom. The second-order valence-corrected chi connectivity index (χ2v) is 5.21. The standard InChI is InChI=1S/C14H17ClN2O3/c1-9(12-3-2-8-20-12)16-13(18)14(19)17-11-6-4-10(15)5-7-11/h4-7,9,12H,2-3,8H2,1H3,(H,16,18)(H,17,19). The van der Waals surface area contributed by atoms with Gasteiger partial charge in [0.1, 0.15) is 0 Å². The average Bonchev–Trinajstić information content (AvgIpc) is 2.95. The topological polar surface area (TPSA) is 67.4 Å². The van der Waals surface area contributed by atoms with Crippen LogP contribution in [0.5, 0.6) is 0 Å². The number of hydrogen-bond acceptors (Lipinski definition) is 3. The predicted molar refractivity (Wildman–Crippen MR) is 76.7 cm³/mol. The minimum atomic E-state index is -0.697. The third kappa shape index (κ3) is 3.95. The van der Waals surface area contributed by atoms with Gasteiger partial charge in [0.2, 0.25) is 0 Å². The van der Waals surface area contributed by atoms with Gasteiger partial charge in [-0.05, 0) is 44.0 Å². The number of anilines is 1. The fourth-order valence-electron chi connectivity index (χ4n) is 2.08. The Kier molecular flexibility index (Phi) is 4.98. The minimum Gasteiger partial charge on any atom is -0.376 e. The van der Waals surface area contributed by atoms with Gasteiger partial charge in [-0.3, -0.25) is 9.59 Å². The van der Waals surface area contributed by atoms with Gasteiger partial charge in [-0.2, -0.15) is 0 Å². The van der Waals surface area contributed by atoms with Gasteiger partial charge in [0.25, 0.3) is 0 Å². The highest BCUT2D eigenvalue weighted by Gasteiger charge is 2.25. The highest BCUT2D eigenvalue weighted by molar-refractivity contribution is 6.39. The Morgan fingerprint density at radius 3 is 2.60 bits per heavy atom. The van der Waals surface area contributed by atoms with Crippen molar-refractivity contribution in [2.75, 3.05) is 11.9 Å². The number of hydrogen-bond donors (Lipinski definition) is 2. The van der Waals surface area contributed by atoms with E-state index < -0.39 is 11.8 Å². The quantitative estimate of drug-likeness (QED) is 0.838. The molecule has 1 fully saturated rings. The van der Waals surface area contributed by atoms with Crippen molar-refractivity contribution in [2.45, 2.75) is 31.9 Å². The number of benzene rings is 1. The Bertz CT molecular complexity index is 484. The summed E-state index contributed by atoms with van der Waals surface area (Å²) in [4.78, 5) is 23.5. The van der Waals surface area contributed by atoms with Crippen molar-refractivity contribution < 1.29 is 14.3 Å². The van der Waals surface area contributed by atoms with Gasteiger partial charge in [-0.15, -0.1) is 0 Å². The maximum Gasteiger partial charge on any atom is 0.313 e. The van der Waals surface area contributed by atoms with Crippen LogP contribution in [0.1, 0.15) is 19.8 Å². The molecule has 1 aliphatic heterocycles. The molecule has 0 spiro atoms. The van der Waals surface area contributed by atoms with Crippen LogP contribution in [0, 0.1) is 0 Å². The molecule has 2 atom stereocenters. The van der Waals surface area contributed by atoms with Crippen LogP contribution in [0.3, 0.4) is 0 Å². The molecular weight excluding hydrogens is 280 g/mol. The molecule has 1 aliphatic rings. The van der Waals surface area contributed by atoms with E-state index >= 15 is 0 Å². The minimum absolute atomic E-state index is 0.0118. The van der Waals surface area contributed by atoms with Gasteiger partial charge in [-0.1, -0.05) is 11.6 Å². The lowest BCUT2D eigenvalue weighted by atomic mass is 10.1. The van der Waals surface area contributed by atoms with Crippen LogP contribution in [0.2, 0.25) is 5.02 Å². The van der Waals surface area contributed by atoms with E-state index in [2.05, 4.69) is 10.6 Å². The molecule has 1 aromatic carbocycles. The number of carbonyl (C=O) groups excluding carboxylic acids is 2. The van der Waals surface area contributed by atoms with Gasteiger partial charge >= 0.3 is 11.8 Å². The van der Waals surface area contributed by atoms with E-state index in [1.54, 1.807) is 24.3 Å². The second-order valence-electron chi connectivity index (χ2n) is 4.77. The average molecular weight is 297 g/mol. The molecule has 6 heteroatoms. The molecular formula is C14H17ClN2O3. The zero-order chi connectivity index (χ0) is 14.5. The first kappa shape index (κ1) is 14.8. The Labute approximate surface area is 122 Å². The van der Waals surface area contributed by atoms with Crippen LogP contribution in [-0.2, 0) is 14.3 Å². The Hall–Kier alpha value is -1.59. The predicted octanol–water partition coefficient (Wildman–Crippen LogP) is 1.96. The summed E-state index contributed by atoms with van der Waals surface area (Å²) in [6.07, 6.45) is 1.88. The van der Waals surface area contributed by atoms with E-state index in [1.807, 2.05) is 6.92 Å². The van der Waals surface area contributed by atoms with E-state index in [0.29, 0.717) is 17.3 Å². The zero-order valence-corrected chi connectivity index (χ0v) is 11.9. The lowest BCUT2D eigenvalue weighted by Gasteiger charge is -2.19. The summed E-state index contributed by atoms with van der Waals surface area (Å²) in [5, 5.41) is 5.73. The summed E-state index contributed by atoms with van der Waals surface area (Å²) in [6, 6.07) is 6.38. The number of rotatable bonds is 3. The highest BCUT2D eigenvalue weighted by Crippen LogP contribution is 2.16. The Morgan fingerprint density at radius 2 is 2.00 bits per heavy atom. The first-order valence-corrected chi connectivity index (χ1v) is 6.93. The maximum atomic E-state index is 11.8. The third-order valence-electron chi connectivity index (χ3n) is 3.19. The monoisotopic (exact) mass is 296 g/mol. The number of nitrogens with one attached hydrogen (secondary N) is 2. The molecule has 0 aliphatic carbocycles. The zero-order valence-electron chi connectivity index (χ0n) is 11.2. The van der Waals surface area contributed by atoms with E-state index in [-0.39, 0.29) is 12.1 Å². The number of amides is 2. The van der Waals surface area contributed by atoms with Crippen molar-refractivity contribution in [1.29, 1.82) is 0 Å². The molecule has 2 amide bonds. The van der Waals surface area contributed by atoms with Crippen LogP contribution in [0.4, 0.5) is 5.69 Å². The fraction of sp³-hybridized carbons (Fsp3) is 0.429. The van der Waals surface area contributed by atoms with Gasteiger partial charge in [-0.25, -0.2) is 0 Å². The van der Waals surface area contributed by atoms with Crippen LogP contribution < -0.4 is 10.6 Å². The molecule has 1 aromatic rings. The first-order valence-electron chi connectivity index (χ1n) is 6.55. The van der Waals surface area contributed by atoms with Crippen molar-refractivity contribution in [2.24, 2.45) is 0 Å². The maximum absolute atomic E-state index is 11.8. The van der Waals surface area contributed by atoms with E-state index in [9.17, 15) is 9.59 Å². The Balaban J connectivity index is 1.85. The normalized spacial score (nSPS) is 19.4. The summed E-state index contributed by atoms with van der Waals surface area (Å²) in [7, 11) is 0. The van der Waals surface area contributed by atoms with E-state index in [0.717, 1.165) is 12.8 Å². The summed E-state index contributed by atoms with van der Waals surface area (Å²) in [5.74, 6) is -1.36. The SMILES string of the molecule is CC(NC(=O)C(=O)Nc1ccc(Cl)cc1)C1CCCO1. The molecule has 1 heterocycles. The molecule has 0 radical (unpaired) electrons. The molecule has 5 nitrogen and oxygen atoms in total. The van der Waals surface area contributed by atoms with Crippen LogP contribution in [0.25, 0.3) is 0 Å². The summed E-state index contributed by atoms with van der Waals surface area (Å²) < 4.78 is 5.47. The summed E-state index contributed by atoms with van der Waals surface area (Å²) >= 11 is 5.75. The molecule has 2 unspecified atom stereocenters. The van der Waals surface area contributed by atoms with Gasteiger partial charge < -0.3 is 15.4 Å². The van der Waals surface area contributed by atoms with Gasteiger partial charge in [0.15, 0.2) is 0 Å². The van der Waals surface area contributed by atoms with Crippen molar-refractivity contribution >= 4 is 29.1 Å². The molecule has 108 valence electrons. The number of carbonyl (C=O) groups is 2.